The fourth-order valence-electron chi connectivity index (χ4n) is 7.98. The first-order chi connectivity index (χ1) is 23.4. The summed E-state index contributed by atoms with van der Waals surface area (Å²) in [5.41, 5.74) is -2.33. The number of nitrogens with zero attached hydrogens (tertiary/aromatic N) is 1. The van der Waals surface area contributed by atoms with Gasteiger partial charge in [0.1, 0.15) is 30.2 Å². The maximum absolute atomic E-state index is 14.0. The van der Waals surface area contributed by atoms with Gasteiger partial charge in [-0.05, 0) is 68.5 Å². The molecule has 0 radical (unpaired) electrons. The second-order valence-electron chi connectivity index (χ2n) is 15.9. The van der Waals surface area contributed by atoms with Crippen LogP contribution in [0, 0.1) is 23.7 Å². The van der Waals surface area contributed by atoms with Crippen LogP contribution in [0.1, 0.15) is 81.6 Å². The Morgan fingerprint density at radius 1 is 0.843 bits per heavy atom. The van der Waals surface area contributed by atoms with E-state index < -0.39 is 107 Å². The number of carbonyl (C=O) groups excluding carboxylic acids is 2. The number of aliphatic hydroxyl groups is 4. The van der Waals surface area contributed by atoms with Gasteiger partial charge in [-0.3, -0.25) is 9.59 Å². The Morgan fingerprint density at radius 2 is 1.43 bits per heavy atom. The molecule has 18 atom stereocenters. The van der Waals surface area contributed by atoms with Crippen molar-refractivity contribution in [2.45, 2.75) is 165 Å². The maximum atomic E-state index is 14.0. The zero-order chi connectivity index (χ0) is 39.0. The first kappa shape index (κ1) is 44.4. The molecular weight excluding hydrogens is 690 g/mol. The smallest absolute Gasteiger partial charge is 0.311 e. The van der Waals surface area contributed by atoms with E-state index in [-0.39, 0.29) is 25.0 Å². The van der Waals surface area contributed by atoms with Gasteiger partial charge in [-0.2, -0.15) is 0 Å². The highest BCUT2D eigenvalue weighted by Crippen LogP contribution is 2.42. The lowest BCUT2D eigenvalue weighted by Gasteiger charge is -2.49. The molecule has 3 heterocycles. The second kappa shape index (κ2) is 17.2. The van der Waals surface area contributed by atoms with Crippen molar-refractivity contribution in [3.8, 4) is 0 Å². The first-order valence-electron chi connectivity index (χ1n) is 18.0. The van der Waals surface area contributed by atoms with Crippen LogP contribution in [-0.2, 0) is 42.7 Å². The third-order valence-electron chi connectivity index (χ3n) is 11.7. The van der Waals surface area contributed by atoms with Crippen LogP contribution < -0.4 is 0 Å². The highest BCUT2D eigenvalue weighted by atomic mass is 35.5. The van der Waals surface area contributed by atoms with Gasteiger partial charge in [0, 0.05) is 44.4 Å². The van der Waals surface area contributed by atoms with Crippen LogP contribution in [-0.4, -0.2) is 149 Å². The van der Waals surface area contributed by atoms with E-state index in [1.165, 1.54) is 28.1 Å². The van der Waals surface area contributed by atoms with E-state index in [1.807, 2.05) is 25.9 Å². The quantitative estimate of drug-likeness (QED) is 0.219. The number of alkyl halides is 1. The second-order valence-corrected chi connectivity index (χ2v) is 16.5. The fraction of sp³-hybridized carbons (Fsp3) is 0.944. The SMILES string of the molecule is COC1(C)C[C@@H](O[C@H]2[C@H](C)[C@@H](O[C@@H]3O[C@H](C)CC(N(C)C)C3O)[C@](C)(OC)C[C@@H](C)C(=O)[C@H](C)[C@@H](O)[C@@](O)(Cl)[C@@H](C)OC(=O)[C@@H]2C)O[C@H](C)C1O. The van der Waals surface area contributed by atoms with Crippen LogP contribution in [0.4, 0.5) is 0 Å². The van der Waals surface area contributed by atoms with E-state index in [2.05, 4.69) is 0 Å². The minimum absolute atomic E-state index is 0.0661. The lowest BCUT2D eigenvalue weighted by Crippen LogP contribution is -2.61. The number of ether oxygens (including phenoxy) is 7. The third-order valence-corrected chi connectivity index (χ3v) is 12.2. The van der Waals surface area contributed by atoms with Crippen LogP contribution in [0.25, 0.3) is 0 Å². The Balaban J connectivity index is 2.20. The molecule has 4 N–H and O–H groups in total. The molecule has 3 aliphatic rings. The Kier molecular flexibility index (Phi) is 15.0. The van der Waals surface area contributed by atoms with E-state index in [9.17, 15) is 30.0 Å². The molecule has 0 aliphatic carbocycles. The van der Waals surface area contributed by atoms with Crippen molar-refractivity contribution in [3.63, 3.8) is 0 Å². The van der Waals surface area contributed by atoms with Crippen LogP contribution in [0.5, 0.6) is 0 Å². The number of ketones is 1. The highest BCUT2D eigenvalue weighted by molar-refractivity contribution is 6.23. The normalized spacial score (nSPS) is 49.7. The number of aliphatic hydroxyl groups excluding tert-OH is 3. The van der Waals surface area contributed by atoms with Gasteiger partial charge in [-0.25, -0.2) is 0 Å². The molecule has 3 aliphatic heterocycles. The molecule has 4 unspecified atom stereocenters. The standard InChI is InChI=1S/C36H64ClNO13/c1-17-15-35(9,46-13)31(51-33-27(40)24(38(10)11)14-18(2)47-33)20(4)28(50-25-16-34(8,45-12)30(42)22(6)48-25)21(5)32(43)49-23(7)36(37,44)29(41)19(3)26(17)39/h17-25,27-31,33,40-42,44H,14-16H2,1-13H3/t17-,18-,19+,20+,21-,22-,23-,24?,25-,27?,28+,29-,30?,31-,33+,34?,35-,36-/m1/s1. The molecule has 51 heavy (non-hydrogen) atoms. The van der Waals surface area contributed by atoms with E-state index >= 15 is 0 Å². The largest absolute Gasteiger partial charge is 0.458 e. The topological polar surface area (TPSA) is 183 Å². The van der Waals surface area contributed by atoms with E-state index in [0.29, 0.717) is 6.42 Å². The Bertz CT molecular complexity index is 1180. The summed E-state index contributed by atoms with van der Waals surface area (Å²) in [5.74, 6) is -4.95. The molecule has 14 nitrogen and oxygen atoms in total. The van der Waals surface area contributed by atoms with Gasteiger partial charge < -0.3 is 58.5 Å². The summed E-state index contributed by atoms with van der Waals surface area (Å²) in [7, 11) is 6.70. The van der Waals surface area contributed by atoms with Crippen molar-refractivity contribution >= 4 is 23.4 Å². The number of esters is 1. The summed E-state index contributed by atoms with van der Waals surface area (Å²) in [4.78, 5) is 29.7. The van der Waals surface area contributed by atoms with Crippen LogP contribution >= 0.6 is 11.6 Å². The van der Waals surface area contributed by atoms with Gasteiger partial charge in [-0.1, -0.05) is 32.4 Å². The first-order valence-corrected chi connectivity index (χ1v) is 18.4. The number of likely N-dealkylation sites (N-methyl/N-ethyl adjacent to an activating group) is 1. The van der Waals surface area contributed by atoms with E-state index in [1.54, 1.807) is 41.5 Å². The average Bonchev–Trinajstić information content (AvgIpc) is 3.07. The van der Waals surface area contributed by atoms with Gasteiger partial charge >= 0.3 is 5.97 Å². The van der Waals surface area contributed by atoms with Gasteiger partial charge in [0.05, 0.1) is 41.5 Å². The minimum Gasteiger partial charge on any atom is -0.458 e. The van der Waals surface area contributed by atoms with E-state index in [4.69, 9.17) is 44.8 Å². The van der Waals surface area contributed by atoms with Gasteiger partial charge in [-0.15, -0.1) is 0 Å². The Morgan fingerprint density at radius 3 is 1.98 bits per heavy atom. The number of hydrogen-bond acceptors (Lipinski definition) is 14. The summed E-state index contributed by atoms with van der Waals surface area (Å²) in [6, 6.07) is -0.295. The molecule has 0 saturated carbocycles. The number of rotatable bonds is 7. The molecule has 3 fully saturated rings. The summed E-state index contributed by atoms with van der Waals surface area (Å²) < 4.78 is 43.3. The molecule has 15 heteroatoms. The molecule has 0 aromatic rings. The minimum atomic E-state index is -2.50. The van der Waals surface area contributed by atoms with Crippen molar-refractivity contribution in [2.75, 3.05) is 28.3 Å². The van der Waals surface area contributed by atoms with Gasteiger partial charge in [0.15, 0.2) is 12.6 Å². The predicted molar refractivity (Wildman–Crippen MR) is 187 cm³/mol. The molecule has 0 aromatic carbocycles. The molecule has 298 valence electrons. The summed E-state index contributed by atoms with van der Waals surface area (Å²) in [5, 5.41) is 42.3. The maximum Gasteiger partial charge on any atom is 0.311 e. The van der Waals surface area contributed by atoms with Gasteiger partial charge in [0.2, 0.25) is 5.06 Å². The number of halogens is 1. The molecule has 0 spiro atoms. The molecule has 3 rings (SSSR count). The number of hydrogen-bond donors (Lipinski definition) is 4. The number of carbonyl (C=O) groups is 2. The molecule has 0 bridgehead atoms. The zero-order valence-electron chi connectivity index (χ0n) is 32.6. The van der Waals surface area contributed by atoms with Gasteiger partial charge in [0.25, 0.3) is 0 Å². The predicted octanol–water partition coefficient (Wildman–Crippen LogP) is 2.23. The molecule has 0 amide bonds. The van der Waals surface area contributed by atoms with Crippen molar-refractivity contribution in [2.24, 2.45) is 23.7 Å². The summed E-state index contributed by atoms with van der Waals surface area (Å²) in [6.45, 7) is 15.0. The number of Topliss-reactive ketones (excluding diaryl/α,β-unsaturated/α-hetero) is 1. The van der Waals surface area contributed by atoms with Crippen LogP contribution in [0.2, 0.25) is 0 Å². The fourth-order valence-corrected chi connectivity index (χ4v) is 8.21. The van der Waals surface area contributed by atoms with E-state index in [0.717, 1.165) is 0 Å². The van der Waals surface area contributed by atoms with Crippen LogP contribution in [0.15, 0.2) is 0 Å². The van der Waals surface area contributed by atoms with Crippen molar-refractivity contribution in [1.29, 1.82) is 0 Å². The van der Waals surface area contributed by atoms with Crippen molar-refractivity contribution in [3.05, 3.63) is 0 Å². The van der Waals surface area contributed by atoms with Crippen LogP contribution in [0.3, 0.4) is 0 Å². The molecular formula is C36H64ClNO13. The third kappa shape index (κ3) is 9.45. The monoisotopic (exact) mass is 753 g/mol. The zero-order valence-corrected chi connectivity index (χ0v) is 33.3. The van der Waals surface area contributed by atoms with Crippen molar-refractivity contribution < 1.29 is 63.2 Å². The average molecular weight is 754 g/mol. The summed E-state index contributed by atoms with van der Waals surface area (Å²) >= 11 is 6.44. The Labute approximate surface area is 308 Å². The number of cyclic esters (lactones) is 1. The summed E-state index contributed by atoms with van der Waals surface area (Å²) in [6.07, 6.45) is -9.66. The van der Waals surface area contributed by atoms with Crippen molar-refractivity contribution in [1.82, 2.24) is 4.90 Å². The lowest BCUT2D eigenvalue weighted by atomic mass is 9.75. The Hall–Kier alpha value is -1.01. The molecule has 3 saturated heterocycles. The lowest BCUT2D eigenvalue weighted by molar-refractivity contribution is -0.319. The molecule has 0 aromatic heterocycles. The highest BCUT2D eigenvalue weighted by Gasteiger charge is 2.54. The number of methoxy groups -OCH3 is 2.